The van der Waals surface area contributed by atoms with E-state index in [1.54, 1.807) is 12.3 Å². The van der Waals surface area contributed by atoms with Crippen LogP contribution in [0.2, 0.25) is 0 Å². The third-order valence-corrected chi connectivity index (χ3v) is 4.15. The summed E-state index contributed by atoms with van der Waals surface area (Å²) in [5.74, 6) is 0.968. The van der Waals surface area contributed by atoms with E-state index in [4.69, 9.17) is 0 Å². The molecule has 0 saturated heterocycles. The summed E-state index contributed by atoms with van der Waals surface area (Å²) in [6.07, 6.45) is 4.78. The molecular weight excluding hydrogens is 246 g/mol. The molecule has 6 heteroatoms. The van der Waals surface area contributed by atoms with Crippen LogP contribution in [0.15, 0.2) is 18.5 Å². The highest BCUT2D eigenvalue weighted by atomic mass is 32.2. The first-order valence-electron chi connectivity index (χ1n) is 4.79. The Morgan fingerprint density at radius 1 is 1.50 bits per heavy atom. The van der Waals surface area contributed by atoms with Crippen LogP contribution < -0.4 is 0 Å². The van der Waals surface area contributed by atoms with E-state index in [1.807, 2.05) is 17.8 Å². The zero-order valence-electron chi connectivity index (χ0n) is 9.34. The maximum atomic E-state index is 11.6. The topological polar surface area (TPSA) is 56.1 Å². The average Bonchev–Trinajstić information content (AvgIpc) is 2.57. The Labute approximate surface area is 100.0 Å². The van der Waals surface area contributed by atoms with Crippen LogP contribution in [0.25, 0.3) is 0 Å². The van der Waals surface area contributed by atoms with Crippen molar-refractivity contribution >= 4 is 27.4 Å². The number of carbonyl (C=O) groups is 1. The smallest absolute Gasteiger partial charge is 0.174 e. The molecule has 0 amide bonds. The van der Waals surface area contributed by atoms with Gasteiger partial charge in [0.15, 0.2) is 5.78 Å². The molecular formula is C10H15NO3S2. The molecule has 0 spiro atoms. The number of Topliss-reactive ketones (excluding diaryl/α,β-unsaturated/α-hetero) is 1. The molecule has 0 aliphatic rings. The Morgan fingerprint density at radius 2 is 2.19 bits per heavy atom. The lowest BCUT2D eigenvalue weighted by Gasteiger charge is -1.99. The van der Waals surface area contributed by atoms with Crippen LogP contribution in [-0.4, -0.2) is 42.3 Å². The van der Waals surface area contributed by atoms with Gasteiger partial charge in [-0.25, -0.2) is 8.42 Å². The number of hydrogen-bond donors (Lipinski definition) is 0. The first-order chi connectivity index (χ1) is 7.38. The second-order valence-corrected chi connectivity index (χ2v) is 7.04. The molecule has 4 nitrogen and oxygen atoms in total. The normalized spacial score (nSPS) is 11.6. The van der Waals surface area contributed by atoms with Crippen molar-refractivity contribution in [1.82, 2.24) is 4.57 Å². The van der Waals surface area contributed by atoms with E-state index in [2.05, 4.69) is 0 Å². The predicted molar refractivity (Wildman–Crippen MR) is 66.8 cm³/mol. The van der Waals surface area contributed by atoms with Gasteiger partial charge >= 0.3 is 0 Å². The van der Waals surface area contributed by atoms with Crippen molar-refractivity contribution < 1.29 is 13.2 Å². The SMILES string of the molecule is Cn1ccc(C(=O)CSCCS(C)(=O)=O)c1. The summed E-state index contributed by atoms with van der Waals surface area (Å²) in [5.41, 5.74) is 0.675. The fourth-order valence-corrected chi connectivity index (χ4v) is 3.31. The van der Waals surface area contributed by atoms with Gasteiger partial charge in [0.1, 0.15) is 9.84 Å². The van der Waals surface area contributed by atoms with Crippen molar-refractivity contribution in [3.8, 4) is 0 Å². The molecule has 0 aliphatic carbocycles. The maximum absolute atomic E-state index is 11.6. The van der Waals surface area contributed by atoms with Gasteiger partial charge in [-0.3, -0.25) is 4.79 Å². The van der Waals surface area contributed by atoms with Crippen LogP contribution in [0.5, 0.6) is 0 Å². The lowest BCUT2D eigenvalue weighted by molar-refractivity contribution is 0.102. The number of hydrogen-bond acceptors (Lipinski definition) is 4. The fourth-order valence-electron chi connectivity index (χ4n) is 1.13. The largest absolute Gasteiger partial charge is 0.357 e. The minimum atomic E-state index is -2.92. The van der Waals surface area contributed by atoms with E-state index in [-0.39, 0.29) is 11.5 Å². The van der Waals surface area contributed by atoms with E-state index < -0.39 is 9.84 Å². The Kier molecular flexibility index (Phi) is 4.61. The minimum absolute atomic E-state index is 0.0408. The van der Waals surface area contributed by atoms with Gasteiger partial charge in [0.05, 0.1) is 11.5 Å². The summed E-state index contributed by atoms with van der Waals surface area (Å²) in [6, 6.07) is 1.76. The Hall–Kier alpha value is -0.750. The van der Waals surface area contributed by atoms with E-state index in [0.29, 0.717) is 17.1 Å². The molecule has 1 heterocycles. The molecule has 90 valence electrons. The third kappa shape index (κ3) is 4.85. The number of rotatable bonds is 6. The van der Waals surface area contributed by atoms with Crippen LogP contribution in [-0.2, 0) is 16.9 Å². The Morgan fingerprint density at radius 3 is 2.69 bits per heavy atom. The highest BCUT2D eigenvalue weighted by molar-refractivity contribution is 8.01. The van der Waals surface area contributed by atoms with E-state index >= 15 is 0 Å². The van der Waals surface area contributed by atoms with Crippen LogP contribution in [0, 0.1) is 0 Å². The lowest BCUT2D eigenvalue weighted by atomic mass is 10.2. The quantitative estimate of drug-likeness (QED) is 0.566. The molecule has 0 bridgehead atoms. The zero-order chi connectivity index (χ0) is 12.2. The zero-order valence-corrected chi connectivity index (χ0v) is 11.0. The molecule has 0 unspecified atom stereocenters. The van der Waals surface area contributed by atoms with Gasteiger partial charge in [-0.05, 0) is 6.07 Å². The molecule has 16 heavy (non-hydrogen) atoms. The molecule has 0 aromatic carbocycles. The monoisotopic (exact) mass is 261 g/mol. The maximum Gasteiger partial charge on any atom is 0.174 e. The van der Waals surface area contributed by atoms with Crippen LogP contribution in [0.3, 0.4) is 0 Å². The second kappa shape index (κ2) is 5.54. The number of carbonyl (C=O) groups excluding carboxylic acids is 1. The molecule has 0 radical (unpaired) electrons. The van der Waals surface area contributed by atoms with Gasteiger partial charge in [-0.1, -0.05) is 0 Å². The van der Waals surface area contributed by atoms with E-state index in [0.717, 1.165) is 0 Å². The second-order valence-electron chi connectivity index (χ2n) is 3.67. The van der Waals surface area contributed by atoms with Gasteiger partial charge in [-0.15, -0.1) is 0 Å². The molecule has 0 N–H and O–H groups in total. The van der Waals surface area contributed by atoms with Crippen molar-refractivity contribution in [2.75, 3.05) is 23.5 Å². The van der Waals surface area contributed by atoms with Crippen molar-refractivity contribution in [2.24, 2.45) is 7.05 Å². The molecule has 1 aromatic heterocycles. The highest BCUT2D eigenvalue weighted by Gasteiger charge is 2.08. The number of thioether (sulfide) groups is 1. The molecule has 0 fully saturated rings. The van der Waals surface area contributed by atoms with Crippen molar-refractivity contribution in [3.63, 3.8) is 0 Å². The first kappa shape index (κ1) is 13.3. The number of nitrogens with zero attached hydrogens (tertiary/aromatic N) is 1. The van der Waals surface area contributed by atoms with Gasteiger partial charge < -0.3 is 4.57 Å². The first-order valence-corrected chi connectivity index (χ1v) is 8.00. The Bertz CT molecular complexity index is 462. The average molecular weight is 261 g/mol. The van der Waals surface area contributed by atoms with Crippen molar-refractivity contribution in [3.05, 3.63) is 24.0 Å². The predicted octanol–water partition coefficient (Wildman–Crippen LogP) is 0.986. The number of ketones is 1. The fraction of sp³-hybridized carbons (Fsp3) is 0.500. The third-order valence-electron chi connectivity index (χ3n) is 1.99. The summed E-state index contributed by atoms with van der Waals surface area (Å²) in [5, 5.41) is 0. The molecule has 1 rings (SSSR count). The number of aryl methyl sites for hydroxylation is 1. The molecule has 0 aliphatic heterocycles. The van der Waals surface area contributed by atoms with E-state index in [1.165, 1.54) is 18.0 Å². The van der Waals surface area contributed by atoms with Gasteiger partial charge in [-0.2, -0.15) is 11.8 Å². The summed E-state index contributed by atoms with van der Waals surface area (Å²) in [6.45, 7) is 0. The van der Waals surface area contributed by atoms with E-state index in [9.17, 15) is 13.2 Å². The van der Waals surface area contributed by atoms with Crippen LogP contribution in [0.1, 0.15) is 10.4 Å². The lowest BCUT2D eigenvalue weighted by Crippen LogP contribution is -2.08. The summed E-state index contributed by atoms with van der Waals surface area (Å²) in [7, 11) is -1.06. The number of sulfone groups is 1. The summed E-state index contributed by atoms with van der Waals surface area (Å²) < 4.78 is 23.5. The molecule has 0 atom stereocenters. The van der Waals surface area contributed by atoms with Crippen LogP contribution >= 0.6 is 11.8 Å². The Balaban J connectivity index is 2.31. The molecule has 0 saturated carbocycles. The summed E-state index contributed by atoms with van der Waals surface area (Å²) >= 11 is 1.35. The molecule has 1 aromatic rings. The number of aromatic nitrogens is 1. The summed E-state index contributed by atoms with van der Waals surface area (Å²) in [4.78, 5) is 11.6. The van der Waals surface area contributed by atoms with Gasteiger partial charge in [0.2, 0.25) is 0 Å². The van der Waals surface area contributed by atoms with Crippen molar-refractivity contribution in [1.29, 1.82) is 0 Å². The van der Waals surface area contributed by atoms with Crippen LogP contribution in [0.4, 0.5) is 0 Å². The van der Waals surface area contributed by atoms with Gasteiger partial charge in [0, 0.05) is 37.0 Å². The highest BCUT2D eigenvalue weighted by Crippen LogP contribution is 2.08. The van der Waals surface area contributed by atoms with Gasteiger partial charge in [0.25, 0.3) is 0 Å². The minimum Gasteiger partial charge on any atom is -0.357 e. The van der Waals surface area contributed by atoms with Crippen molar-refractivity contribution in [2.45, 2.75) is 0 Å². The standard InChI is InChI=1S/C10H15NO3S2/c1-11-4-3-9(7-11)10(12)8-15-5-6-16(2,13)14/h3-4,7H,5-6,8H2,1-2H3.